The minimum Gasteiger partial charge on any atom is -0.408 e. The Bertz CT molecular complexity index is 823. The lowest BCUT2D eigenvalue weighted by atomic mass is 10.2. The van der Waals surface area contributed by atoms with Crippen molar-refractivity contribution < 1.29 is 13.2 Å². The van der Waals surface area contributed by atoms with Gasteiger partial charge in [-0.05, 0) is 36.4 Å². The van der Waals surface area contributed by atoms with Crippen molar-refractivity contribution >= 4 is 16.8 Å². The van der Waals surface area contributed by atoms with Gasteiger partial charge >= 0.3 is 5.76 Å². The van der Waals surface area contributed by atoms with Crippen molar-refractivity contribution in [2.24, 2.45) is 0 Å². The molecule has 0 aliphatic heterocycles. The molecule has 20 heavy (non-hydrogen) atoms. The van der Waals surface area contributed by atoms with Crippen LogP contribution in [-0.2, 0) is 6.54 Å². The maximum absolute atomic E-state index is 13.5. The molecule has 1 aromatic heterocycles. The third-order valence-corrected chi connectivity index (χ3v) is 2.91. The van der Waals surface area contributed by atoms with Crippen LogP contribution in [0.4, 0.5) is 14.5 Å². The van der Waals surface area contributed by atoms with Gasteiger partial charge in [0.15, 0.2) is 5.58 Å². The Hall–Kier alpha value is -2.63. The van der Waals surface area contributed by atoms with Crippen molar-refractivity contribution in [2.45, 2.75) is 6.54 Å². The van der Waals surface area contributed by atoms with E-state index in [0.717, 1.165) is 18.2 Å². The molecule has 0 fully saturated rings. The van der Waals surface area contributed by atoms with Crippen LogP contribution in [0.15, 0.2) is 45.6 Å². The number of H-pyrrole nitrogens is 1. The molecule has 0 saturated carbocycles. The SMILES string of the molecule is O=c1[nH]c2cc(NCc3cc(F)ccc3F)ccc2o1. The third kappa shape index (κ3) is 2.40. The van der Waals surface area contributed by atoms with Crippen LogP contribution in [0, 0.1) is 11.6 Å². The second-order valence-corrected chi connectivity index (χ2v) is 4.31. The van der Waals surface area contributed by atoms with Gasteiger partial charge < -0.3 is 9.73 Å². The summed E-state index contributed by atoms with van der Waals surface area (Å²) in [7, 11) is 0. The van der Waals surface area contributed by atoms with Gasteiger partial charge in [-0.25, -0.2) is 13.6 Å². The van der Waals surface area contributed by atoms with Crippen LogP contribution in [0.2, 0.25) is 0 Å². The number of nitrogens with one attached hydrogen (secondary N) is 2. The molecule has 0 aliphatic rings. The van der Waals surface area contributed by atoms with Gasteiger partial charge in [-0.3, -0.25) is 4.98 Å². The summed E-state index contributed by atoms with van der Waals surface area (Å²) in [6.07, 6.45) is 0. The molecule has 3 aromatic rings. The summed E-state index contributed by atoms with van der Waals surface area (Å²) in [5.41, 5.74) is 1.88. The summed E-state index contributed by atoms with van der Waals surface area (Å²) in [6, 6.07) is 8.27. The fourth-order valence-electron chi connectivity index (χ4n) is 1.94. The molecule has 0 saturated heterocycles. The second-order valence-electron chi connectivity index (χ2n) is 4.31. The van der Waals surface area contributed by atoms with E-state index in [1.807, 2.05) is 0 Å². The monoisotopic (exact) mass is 276 g/mol. The highest BCUT2D eigenvalue weighted by atomic mass is 19.1. The molecule has 0 unspecified atom stereocenters. The predicted molar refractivity (Wildman–Crippen MR) is 70.5 cm³/mol. The van der Waals surface area contributed by atoms with Gasteiger partial charge in [0.25, 0.3) is 0 Å². The fraction of sp³-hybridized carbons (Fsp3) is 0.0714. The Morgan fingerprint density at radius 3 is 2.85 bits per heavy atom. The maximum atomic E-state index is 13.5. The molecular weight excluding hydrogens is 266 g/mol. The van der Waals surface area contributed by atoms with Gasteiger partial charge in [-0.15, -0.1) is 0 Å². The summed E-state index contributed by atoms with van der Waals surface area (Å²) in [4.78, 5) is 13.5. The van der Waals surface area contributed by atoms with Crippen LogP contribution in [0.5, 0.6) is 0 Å². The number of benzene rings is 2. The zero-order valence-electron chi connectivity index (χ0n) is 10.2. The lowest BCUT2D eigenvalue weighted by Gasteiger charge is -2.07. The summed E-state index contributed by atoms with van der Waals surface area (Å²) in [6.45, 7) is 0.136. The molecule has 6 heteroatoms. The molecule has 102 valence electrons. The molecule has 4 nitrogen and oxygen atoms in total. The molecule has 0 amide bonds. The van der Waals surface area contributed by atoms with Crippen LogP contribution < -0.4 is 11.1 Å². The van der Waals surface area contributed by atoms with E-state index in [2.05, 4.69) is 10.3 Å². The van der Waals surface area contributed by atoms with Crippen LogP contribution in [0.3, 0.4) is 0 Å². The normalized spacial score (nSPS) is 10.9. The number of aromatic amines is 1. The van der Waals surface area contributed by atoms with E-state index >= 15 is 0 Å². The van der Waals surface area contributed by atoms with E-state index in [1.54, 1.807) is 18.2 Å². The molecular formula is C14H10F2N2O2. The fourth-order valence-corrected chi connectivity index (χ4v) is 1.94. The first-order chi connectivity index (χ1) is 9.61. The van der Waals surface area contributed by atoms with E-state index < -0.39 is 17.4 Å². The molecule has 2 N–H and O–H groups in total. The minimum absolute atomic E-state index is 0.136. The van der Waals surface area contributed by atoms with Crippen LogP contribution in [0.25, 0.3) is 11.1 Å². The van der Waals surface area contributed by atoms with E-state index in [0.29, 0.717) is 16.8 Å². The summed E-state index contributed by atoms with van der Waals surface area (Å²) in [5.74, 6) is -1.50. The number of hydrogen-bond donors (Lipinski definition) is 2. The first-order valence-electron chi connectivity index (χ1n) is 5.92. The first-order valence-corrected chi connectivity index (χ1v) is 5.92. The summed E-state index contributed by atoms with van der Waals surface area (Å²) < 4.78 is 31.4. The van der Waals surface area contributed by atoms with Crippen LogP contribution in [-0.4, -0.2) is 4.98 Å². The topological polar surface area (TPSA) is 58.0 Å². The van der Waals surface area contributed by atoms with Crippen molar-refractivity contribution in [3.63, 3.8) is 0 Å². The van der Waals surface area contributed by atoms with Crippen LogP contribution in [0.1, 0.15) is 5.56 Å². The van der Waals surface area contributed by atoms with Gasteiger partial charge in [0.1, 0.15) is 11.6 Å². The average molecular weight is 276 g/mol. The highest BCUT2D eigenvalue weighted by molar-refractivity contribution is 5.76. The zero-order chi connectivity index (χ0) is 14.1. The Labute approximate surface area is 112 Å². The number of oxazole rings is 1. The Balaban J connectivity index is 1.82. The number of rotatable bonds is 3. The van der Waals surface area contributed by atoms with Crippen molar-refractivity contribution in [1.29, 1.82) is 0 Å². The van der Waals surface area contributed by atoms with Gasteiger partial charge in [0.2, 0.25) is 0 Å². The molecule has 1 heterocycles. The number of anilines is 1. The van der Waals surface area contributed by atoms with E-state index in [9.17, 15) is 13.6 Å². The van der Waals surface area contributed by atoms with Crippen molar-refractivity contribution in [2.75, 3.05) is 5.32 Å². The Morgan fingerprint density at radius 2 is 2.00 bits per heavy atom. The highest BCUT2D eigenvalue weighted by Crippen LogP contribution is 2.18. The molecule has 2 aromatic carbocycles. The van der Waals surface area contributed by atoms with Gasteiger partial charge in [-0.1, -0.05) is 0 Å². The second kappa shape index (κ2) is 4.80. The van der Waals surface area contributed by atoms with Crippen molar-refractivity contribution in [3.8, 4) is 0 Å². The van der Waals surface area contributed by atoms with Gasteiger partial charge in [-0.2, -0.15) is 0 Å². The third-order valence-electron chi connectivity index (χ3n) is 2.91. The predicted octanol–water partition coefficient (Wildman–Crippen LogP) is 3.01. The van der Waals surface area contributed by atoms with E-state index in [4.69, 9.17) is 4.42 Å². The number of hydrogen-bond acceptors (Lipinski definition) is 3. The lowest BCUT2D eigenvalue weighted by molar-refractivity contribution is 0.555. The first kappa shape index (κ1) is 12.4. The van der Waals surface area contributed by atoms with Crippen molar-refractivity contribution in [3.05, 3.63) is 64.1 Å². The number of fused-ring (bicyclic) bond motifs is 1. The molecule has 3 rings (SSSR count). The Kier molecular flexibility index (Phi) is 2.98. The van der Waals surface area contributed by atoms with Gasteiger partial charge in [0.05, 0.1) is 5.52 Å². The summed E-state index contributed by atoms with van der Waals surface area (Å²) in [5, 5.41) is 2.96. The smallest absolute Gasteiger partial charge is 0.408 e. The molecule has 0 bridgehead atoms. The van der Waals surface area contributed by atoms with E-state index in [-0.39, 0.29) is 12.1 Å². The summed E-state index contributed by atoms with van der Waals surface area (Å²) >= 11 is 0. The quantitative estimate of drug-likeness (QED) is 0.773. The minimum atomic E-state index is -0.534. The van der Waals surface area contributed by atoms with Gasteiger partial charge in [0, 0.05) is 17.8 Å². The zero-order valence-corrected chi connectivity index (χ0v) is 10.2. The molecule has 0 aliphatic carbocycles. The van der Waals surface area contributed by atoms with Crippen LogP contribution >= 0.6 is 0 Å². The standard InChI is InChI=1S/C14H10F2N2O2/c15-9-1-3-11(16)8(5-9)7-17-10-2-4-13-12(6-10)18-14(19)20-13/h1-6,17H,7H2,(H,18,19). The van der Waals surface area contributed by atoms with E-state index in [1.165, 1.54) is 0 Å². The Morgan fingerprint density at radius 1 is 1.15 bits per heavy atom. The number of aromatic nitrogens is 1. The molecule has 0 spiro atoms. The molecule has 0 atom stereocenters. The average Bonchev–Trinajstić information content (AvgIpc) is 2.79. The lowest BCUT2D eigenvalue weighted by Crippen LogP contribution is -2.02. The molecule has 0 radical (unpaired) electrons. The van der Waals surface area contributed by atoms with Crippen molar-refractivity contribution in [1.82, 2.24) is 4.98 Å². The number of halogens is 2. The highest BCUT2D eigenvalue weighted by Gasteiger charge is 2.05. The largest absolute Gasteiger partial charge is 0.417 e. The maximum Gasteiger partial charge on any atom is 0.417 e.